The molecule has 1 aromatic heterocycles. The van der Waals surface area contributed by atoms with Gasteiger partial charge in [0.25, 0.3) is 5.91 Å². The predicted molar refractivity (Wildman–Crippen MR) is 132 cm³/mol. The van der Waals surface area contributed by atoms with E-state index < -0.39 is 0 Å². The van der Waals surface area contributed by atoms with Crippen LogP contribution in [0.3, 0.4) is 0 Å². The highest BCUT2D eigenvalue weighted by Gasteiger charge is 2.42. The van der Waals surface area contributed by atoms with Crippen molar-refractivity contribution in [2.75, 3.05) is 0 Å². The van der Waals surface area contributed by atoms with Crippen LogP contribution in [0.5, 0.6) is 0 Å². The van der Waals surface area contributed by atoms with Gasteiger partial charge in [-0.05, 0) is 67.1 Å². The monoisotopic (exact) mass is 426 g/mol. The average molecular weight is 427 g/mol. The van der Waals surface area contributed by atoms with Gasteiger partial charge in [-0.1, -0.05) is 69.7 Å². The van der Waals surface area contributed by atoms with Crippen molar-refractivity contribution in [3.63, 3.8) is 0 Å². The Morgan fingerprint density at radius 2 is 1.78 bits per heavy atom. The molecule has 3 heteroatoms. The summed E-state index contributed by atoms with van der Waals surface area (Å²) < 4.78 is 0. The van der Waals surface area contributed by atoms with Crippen LogP contribution in [0.2, 0.25) is 0 Å². The number of pyridine rings is 1. The highest BCUT2D eigenvalue weighted by molar-refractivity contribution is 6.07. The fourth-order valence-corrected chi connectivity index (χ4v) is 5.95. The average Bonchev–Trinajstić information content (AvgIpc) is 3.42. The molecule has 32 heavy (non-hydrogen) atoms. The Morgan fingerprint density at radius 1 is 1.03 bits per heavy atom. The number of amides is 1. The van der Waals surface area contributed by atoms with Crippen molar-refractivity contribution < 1.29 is 4.79 Å². The van der Waals surface area contributed by atoms with Gasteiger partial charge < -0.3 is 5.32 Å². The van der Waals surface area contributed by atoms with E-state index in [9.17, 15) is 4.79 Å². The molecule has 1 heterocycles. The molecule has 1 N–H and O–H groups in total. The first-order chi connectivity index (χ1) is 15.3. The number of nitrogens with zero attached hydrogens (tertiary/aromatic N) is 1. The van der Waals surface area contributed by atoms with E-state index in [-0.39, 0.29) is 17.4 Å². The minimum Gasteiger partial charge on any atom is -0.349 e. The van der Waals surface area contributed by atoms with E-state index in [1.54, 1.807) is 0 Å². The van der Waals surface area contributed by atoms with Gasteiger partial charge in [0.1, 0.15) is 0 Å². The maximum absolute atomic E-state index is 13.5. The molecule has 2 fully saturated rings. The third-order valence-corrected chi connectivity index (χ3v) is 7.80. The van der Waals surface area contributed by atoms with E-state index in [2.05, 4.69) is 57.3 Å². The molecule has 2 saturated carbocycles. The molecular formula is C29H34N2O. The summed E-state index contributed by atoms with van der Waals surface area (Å²) in [4.78, 5) is 18.4. The summed E-state index contributed by atoms with van der Waals surface area (Å²) >= 11 is 0. The number of para-hydroxylation sites is 1. The summed E-state index contributed by atoms with van der Waals surface area (Å²) in [6.07, 6.45) is 5.35. The van der Waals surface area contributed by atoms with Gasteiger partial charge in [-0.3, -0.25) is 4.79 Å². The number of hydrogen-bond acceptors (Lipinski definition) is 2. The molecule has 0 aliphatic heterocycles. The smallest absolute Gasteiger partial charge is 0.252 e. The zero-order valence-corrected chi connectivity index (χ0v) is 19.7. The van der Waals surface area contributed by atoms with Crippen LogP contribution in [-0.4, -0.2) is 16.9 Å². The quantitative estimate of drug-likeness (QED) is 0.501. The van der Waals surface area contributed by atoms with Gasteiger partial charge in [0.05, 0.1) is 16.8 Å². The second kappa shape index (κ2) is 8.03. The van der Waals surface area contributed by atoms with Gasteiger partial charge in [-0.2, -0.15) is 0 Å². The molecule has 2 aliphatic carbocycles. The molecule has 5 rings (SSSR count). The maximum Gasteiger partial charge on any atom is 0.252 e. The molecule has 3 nitrogen and oxygen atoms in total. The second-order valence-corrected chi connectivity index (χ2v) is 11.0. The minimum absolute atomic E-state index is 0.0198. The summed E-state index contributed by atoms with van der Waals surface area (Å²) in [5.41, 5.74) is 4.87. The van der Waals surface area contributed by atoms with Gasteiger partial charge >= 0.3 is 0 Å². The van der Waals surface area contributed by atoms with Crippen LogP contribution in [-0.2, 0) is 5.41 Å². The van der Waals surface area contributed by atoms with Crippen LogP contribution in [0.4, 0.5) is 0 Å². The van der Waals surface area contributed by atoms with Crippen molar-refractivity contribution in [2.45, 2.75) is 64.8 Å². The molecule has 1 amide bonds. The van der Waals surface area contributed by atoms with Gasteiger partial charge in [0, 0.05) is 17.0 Å². The topological polar surface area (TPSA) is 42.0 Å². The zero-order chi connectivity index (χ0) is 22.5. The summed E-state index contributed by atoms with van der Waals surface area (Å²) in [5, 5.41) is 4.27. The number of hydrogen-bond donors (Lipinski definition) is 1. The van der Waals surface area contributed by atoms with E-state index in [0.29, 0.717) is 5.92 Å². The number of rotatable bonds is 4. The Morgan fingerprint density at radius 3 is 2.44 bits per heavy atom. The fraction of sp³-hybridized carbons (Fsp3) is 0.448. The normalized spacial score (nSPS) is 23.4. The lowest BCUT2D eigenvalue weighted by atomic mass is 9.84. The highest BCUT2D eigenvalue weighted by atomic mass is 16.1. The summed E-state index contributed by atoms with van der Waals surface area (Å²) in [6, 6.07) is 18.7. The number of fused-ring (bicyclic) bond motifs is 3. The number of nitrogens with one attached hydrogen (secondary N) is 1. The van der Waals surface area contributed by atoms with Crippen molar-refractivity contribution >= 4 is 16.8 Å². The van der Waals surface area contributed by atoms with Crippen molar-refractivity contribution in [3.05, 3.63) is 65.7 Å². The Hall–Kier alpha value is -2.68. The molecule has 2 bridgehead atoms. The largest absolute Gasteiger partial charge is 0.349 e. The van der Waals surface area contributed by atoms with Gasteiger partial charge in [0.15, 0.2) is 0 Å². The molecular weight excluding hydrogens is 392 g/mol. The van der Waals surface area contributed by atoms with E-state index in [1.807, 2.05) is 30.3 Å². The molecule has 0 spiro atoms. The van der Waals surface area contributed by atoms with E-state index in [4.69, 9.17) is 4.98 Å². The lowest BCUT2D eigenvalue weighted by molar-refractivity contribution is 0.0917. The van der Waals surface area contributed by atoms with Crippen molar-refractivity contribution in [1.29, 1.82) is 0 Å². The number of carbonyl (C=O) groups excluding carboxylic acids is 1. The molecule has 2 aromatic carbocycles. The first-order valence-corrected chi connectivity index (χ1v) is 12.1. The third-order valence-electron chi connectivity index (χ3n) is 7.80. The first-order valence-electron chi connectivity index (χ1n) is 12.1. The Kier molecular flexibility index (Phi) is 5.31. The molecule has 0 unspecified atom stereocenters. The van der Waals surface area contributed by atoms with Gasteiger partial charge in [0.2, 0.25) is 0 Å². The van der Waals surface area contributed by atoms with Gasteiger partial charge in [-0.25, -0.2) is 4.98 Å². The van der Waals surface area contributed by atoms with Crippen LogP contribution in [0.15, 0.2) is 54.6 Å². The molecule has 166 valence electrons. The number of aromatic nitrogens is 1. The van der Waals surface area contributed by atoms with Crippen LogP contribution in [0.25, 0.3) is 22.2 Å². The zero-order valence-electron chi connectivity index (χ0n) is 19.7. The third kappa shape index (κ3) is 3.94. The predicted octanol–water partition coefficient (Wildman–Crippen LogP) is 6.75. The maximum atomic E-state index is 13.5. The highest BCUT2D eigenvalue weighted by Crippen LogP contribution is 2.49. The molecule has 0 saturated heterocycles. The van der Waals surface area contributed by atoms with E-state index in [0.717, 1.165) is 39.6 Å². The van der Waals surface area contributed by atoms with Crippen LogP contribution < -0.4 is 5.32 Å². The SMILES string of the molecule is C[C@H](NC(=O)c1cc(-c2ccc(C(C)(C)C)cc2)nc2ccccc12)[C@H]1C[C@H]2CC[C@H]1C2. The molecule has 4 atom stereocenters. The summed E-state index contributed by atoms with van der Waals surface area (Å²) in [5.74, 6) is 2.32. The van der Waals surface area contributed by atoms with Gasteiger partial charge in [-0.15, -0.1) is 0 Å². The Bertz CT molecular complexity index is 1140. The minimum atomic E-state index is 0.0198. The van der Waals surface area contributed by atoms with Crippen LogP contribution >= 0.6 is 0 Å². The van der Waals surface area contributed by atoms with Crippen molar-refractivity contribution in [2.24, 2.45) is 17.8 Å². The molecule has 0 radical (unpaired) electrons. The molecule has 3 aromatic rings. The van der Waals surface area contributed by atoms with E-state index >= 15 is 0 Å². The lowest BCUT2D eigenvalue weighted by Crippen LogP contribution is -2.40. The van der Waals surface area contributed by atoms with Crippen LogP contribution in [0.1, 0.15) is 69.3 Å². The first kappa shape index (κ1) is 21.2. The van der Waals surface area contributed by atoms with E-state index in [1.165, 1.54) is 31.2 Å². The van der Waals surface area contributed by atoms with Crippen LogP contribution in [0, 0.1) is 17.8 Å². The lowest BCUT2D eigenvalue weighted by Gasteiger charge is -2.28. The standard InChI is InChI=1S/C29H34N2O/c1-18(24-16-19-9-10-21(24)15-19)30-28(32)25-17-27(31-26-8-6-5-7-23(25)26)20-11-13-22(14-12-20)29(2,3)4/h5-8,11-14,17-19,21,24H,9-10,15-16H2,1-4H3,(H,30,32)/t18-,19-,21-,24+/m0/s1. The fourth-order valence-electron chi connectivity index (χ4n) is 5.95. The number of benzene rings is 2. The Labute approximate surface area is 191 Å². The van der Waals surface area contributed by atoms with Crippen molar-refractivity contribution in [3.8, 4) is 11.3 Å². The van der Waals surface area contributed by atoms with Crippen molar-refractivity contribution in [1.82, 2.24) is 10.3 Å². The number of carbonyl (C=O) groups is 1. The summed E-state index contributed by atoms with van der Waals surface area (Å²) in [7, 11) is 0. The summed E-state index contributed by atoms with van der Waals surface area (Å²) in [6.45, 7) is 8.85. The second-order valence-electron chi connectivity index (χ2n) is 11.0. The Balaban J connectivity index is 1.46. The molecule has 2 aliphatic rings.